The van der Waals surface area contributed by atoms with E-state index in [9.17, 15) is 9.18 Å². The van der Waals surface area contributed by atoms with E-state index in [-0.39, 0.29) is 17.8 Å². The van der Waals surface area contributed by atoms with Gasteiger partial charge in [0.2, 0.25) is 5.91 Å². The predicted molar refractivity (Wildman–Crippen MR) is 67.4 cm³/mol. The van der Waals surface area contributed by atoms with Crippen molar-refractivity contribution in [3.05, 3.63) is 35.6 Å². The van der Waals surface area contributed by atoms with Gasteiger partial charge in [-0.05, 0) is 42.9 Å². The summed E-state index contributed by atoms with van der Waals surface area (Å²) >= 11 is 0. The minimum Gasteiger partial charge on any atom is -0.335 e. The third-order valence-corrected chi connectivity index (χ3v) is 4.22. The van der Waals surface area contributed by atoms with Crippen molar-refractivity contribution in [2.24, 2.45) is 11.8 Å². The summed E-state index contributed by atoms with van der Waals surface area (Å²) in [5.41, 5.74) is 1.07. The Balaban J connectivity index is 1.78. The summed E-state index contributed by atoms with van der Waals surface area (Å²) in [6.45, 7) is 2.98. The highest BCUT2D eigenvalue weighted by Crippen LogP contribution is 2.43. The average Bonchev–Trinajstić information content (AvgIpc) is 2.91. The topological polar surface area (TPSA) is 20.3 Å². The van der Waals surface area contributed by atoms with Gasteiger partial charge in [-0.15, -0.1) is 0 Å². The Morgan fingerprint density at radius 1 is 1.33 bits per heavy atom. The second kappa shape index (κ2) is 4.38. The molecule has 1 aliphatic carbocycles. The van der Waals surface area contributed by atoms with E-state index in [1.807, 2.05) is 17.0 Å². The van der Waals surface area contributed by atoms with Crippen LogP contribution in [-0.2, 0) is 4.79 Å². The molecule has 2 aliphatic rings. The normalized spacial score (nSPS) is 30.6. The Morgan fingerprint density at radius 2 is 2.00 bits per heavy atom. The van der Waals surface area contributed by atoms with Crippen molar-refractivity contribution in [1.82, 2.24) is 4.90 Å². The first-order valence-corrected chi connectivity index (χ1v) is 6.73. The zero-order valence-electron chi connectivity index (χ0n) is 10.6. The number of likely N-dealkylation sites (tertiary alicyclic amines) is 1. The number of hydrogen-bond acceptors (Lipinski definition) is 1. The highest BCUT2D eigenvalue weighted by molar-refractivity contribution is 5.82. The summed E-state index contributed by atoms with van der Waals surface area (Å²) in [6.07, 6.45) is 3.08. The monoisotopic (exact) mass is 247 g/mol. The minimum atomic E-state index is -0.217. The number of benzene rings is 1. The van der Waals surface area contributed by atoms with Gasteiger partial charge in [-0.3, -0.25) is 4.79 Å². The van der Waals surface area contributed by atoms with Crippen LogP contribution < -0.4 is 0 Å². The molecule has 3 unspecified atom stereocenters. The fraction of sp³-hybridized carbons (Fsp3) is 0.533. The Morgan fingerprint density at radius 3 is 2.61 bits per heavy atom. The van der Waals surface area contributed by atoms with Crippen LogP contribution in [0.4, 0.5) is 4.39 Å². The van der Waals surface area contributed by atoms with Gasteiger partial charge in [0.05, 0.1) is 6.04 Å². The summed E-state index contributed by atoms with van der Waals surface area (Å²) in [5.74, 6) is 0.873. The molecule has 1 saturated heterocycles. The summed E-state index contributed by atoms with van der Waals surface area (Å²) < 4.78 is 12.9. The van der Waals surface area contributed by atoms with Crippen LogP contribution in [0.3, 0.4) is 0 Å². The summed E-state index contributed by atoms with van der Waals surface area (Å²) in [6, 6.07) is 6.74. The Labute approximate surface area is 107 Å². The summed E-state index contributed by atoms with van der Waals surface area (Å²) in [7, 11) is 0. The van der Waals surface area contributed by atoms with Crippen LogP contribution in [0.15, 0.2) is 24.3 Å². The fourth-order valence-corrected chi connectivity index (χ4v) is 2.94. The van der Waals surface area contributed by atoms with Gasteiger partial charge in [0.25, 0.3) is 0 Å². The molecule has 3 rings (SSSR count). The van der Waals surface area contributed by atoms with E-state index < -0.39 is 0 Å². The average molecular weight is 247 g/mol. The predicted octanol–water partition coefficient (Wildman–Crippen LogP) is 3.15. The number of halogens is 1. The molecule has 3 atom stereocenters. The molecule has 1 saturated carbocycles. The molecule has 2 fully saturated rings. The maximum Gasteiger partial charge on any atom is 0.226 e. The van der Waals surface area contributed by atoms with E-state index in [1.54, 1.807) is 0 Å². The molecule has 0 bridgehead atoms. The zero-order chi connectivity index (χ0) is 12.7. The van der Waals surface area contributed by atoms with E-state index in [1.165, 1.54) is 12.1 Å². The number of carbonyl (C=O) groups excluding carboxylic acids is 1. The first-order valence-electron chi connectivity index (χ1n) is 6.73. The Hall–Kier alpha value is -1.38. The van der Waals surface area contributed by atoms with Gasteiger partial charge < -0.3 is 4.90 Å². The van der Waals surface area contributed by atoms with E-state index in [4.69, 9.17) is 0 Å². The molecule has 1 amide bonds. The molecule has 18 heavy (non-hydrogen) atoms. The molecule has 0 radical (unpaired) electrons. The van der Waals surface area contributed by atoms with E-state index in [0.29, 0.717) is 11.8 Å². The van der Waals surface area contributed by atoms with Crippen molar-refractivity contribution in [2.45, 2.75) is 32.2 Å². The highest BCUT2D eigenvalue weighted by atomic mass is 19.1. The molecule has 3 heteroatoms. The van der Waals surface area contributed by atoms with Crippen molar-refractivity contribution in [3.63, 3.8) is 0 Å². The highest BCUT2D eigenvalue weighted by Gasteiger charge is 2.44. The molecular formula is C15H18FNO. The zero-order valence-corrected chi connectivity index (χ0v) is 10.6. The van der Waals surface area contributed by atoms with E-state index >= 15 is 0 Å². The molecule has 0 aromatic heterocycles. The van der Waals surface area contributed by atoms with Crippen LogP contribution in [-0.4, -0.2) is 17.4 Å². The van der Waals surface area contributed by atoms with Crippen LogP contribution in [0.2, 0.25) is 0 Å². The van der Waals surface area contributed by atoms with Gasteiger partial charge in [0, 0.05) is 12.5 Å². The minimum absolute atomic E-state index is 0.158. The molecule has 1 aliphatic heterocycles. The number of hydrogen-bond donors (Lipinski definition) is 0. The molecule has 0 N–H and O–H groups in total. The SMILES string of the molecule is CC1CC1C(=O)N1CCCC1c1ccc(F)cc1. The smallest absolute Gasteiger partial charge is 0.226 e. The Bertz CT molecular complexity index is 456. The lowest BCUT2D eigenvalue weighted by Gasteiger charge is -2.25. The third-order valence-electron chi connectivity index (χ3n) is 4.22. The van der Waals surface area contributed by atoms with Gasteiger partial charge in [-0.1, -0.05) is 19.1 Å². The van der Waals surface area contributed by atoms with Gasteiger partial charge >= 0.3 is 0 Å². The molecule has 0 spiro atoms. The lowest BCUT2D eigenvalue weighted by Crippen LogP contribution is -2.32. The first kappa shape index (κ1) is 11.7. The van der Waals surface area contributed by atoms with Gasteiger partial charge in [0.15, 0.2) is 0 Å². The van der Waals surface area contributed by atoms with Crippen LogP contribution in [0.1, 0.15) is 37.8 Å². The Kier molecular flexibility index (Phi) is 2.84. The van der Waals surface area contributed by atoms with Crippen molar-refractivity contribution in [1.29, 1.82) is 0 Å². The maximum atomic E-state index is 12.9. The van der Waals surface area contributed by atoms with E-state index in [0.717, 1.165) is 31.4 Å². The van der Waals surface area contributed by atoms with Crippen molar-refractivity contribution in [3.8, 4) is 0 Å². The maximum absolute atomic E-state index is 12.9. The van der Waals surface area contributed by atoms with Crippen molar-refractivity contribution in [2.75, 3.05) is 6.54 Å². The standard InChI is InChI=1S/C15H18FNO/c1-10-9-13(10)15(18)17-8-2-3-14(17)11-4-6-12(16)7-5-11/h4-7,10,13-14H,2-3,8-9H2,1H3. The largest absolute Gasteiger partial charge is 0.335 e. The molecule has 96 valence electrons. The molecular weight excluding hydrogens is 229 g/mol. The van der Waals surface area contributed by atoms with Gasteiger partial charge in [-0.2, -0.15) is 0 Å². The van der Waals surface area contributed by atoms with Crippen LogP contribution in [0.25, 0.3) is 0 Å². The van der Waals surface area contributed by atoms with Crippen LogP contribution >= 0.6 is 0 Å². The van der Waals surface area contributed by atoms with E-state index in [2.05, 4.69) is 6.92 Å². The van der Waals surface area contributed by atoms with Gasteiger partial charge in [-0.25, -0.2) is 4.39 Å². The molecule has 1 heterocycles. The number of carbonyl (C=O) groups is 1. The second-order valence-corrected chi connectivity index (χ2v) is 5.56. The lowest BCUT2D eigenvalue weighted by molar-refractivity contribution is -0.133. The molecule has 1 aromatic carbocycles. The summed E-state index contributed by atoms with van der Waals surface area (Å²) in [4.78, 5) is 14.3. The van der Waals surface area contributed by atoms with Crippen LogP contribution in [0.5, 0.6) is 0 Å². The molecule has 2 nitrogen and oxygen atoms in total. The summed E-state index contributed by atoms with van der Waals surface area (Å²) in [5, 5.41) is 0. The lowest BCUT2D eigenvalue weighted by atomic mass is 10.0. The number of amides is 1. The molecule has 1 aromatic rings. The fourth-order valence-electron chi connectivity index (χ4n) is 2.94. The first-order chi connectivity index (χ1) is 8.66. The third kappa shape index (κ3) is 2.02. The second-order valence-electron chi connectivity index (χ2n) is 5.56. The number of nitrogens with zero attached hydrogens (tertiary/aromatic N) is 1. The van der Waals surface area contributed by atoms with Crippen molar-refractivity contribution < 1.29 is 9.18 Å². The van der Waals surface area contributed by atoms with Gasteiger partial charge in [0.1, 0.15) is 5.82 Å². The number of rotatable bonds is 2. The van der Waals surface area contributed by atoms with Crippen molar-refractivity contribution >= 4 is 5.91 Å². The quantitative estimate of drug-likeness (QED) is 0.786. The van der Waals surface area contributed by atoms with Crippen LogP contribution in [0, 0.1) is 17.7 Å².